The molecule has 10 heteroatoms. The van der Waals surface area contributed by atoms with Crippen molar-refractivity contribution in [2.75, 3.05) is 50.9 Å². The molecule has 0 aromatic heterocycles. The number of nitrogens with zero attached hydrogens (tertiary/aromatic N) is 2. The first-order valence-electron chi connectivity index (χ1n) is 13.2. The summed E-state index contributed by atoms with van der Waals surface area (Å²) in [5, 5.41) is 3.02. The predicted molar refractivity (Wildman–Crippen MR) is 136 cm³/mol. The maximum Gasteiger partial charge on any atom is 0.340 e. The Bertz CT molecular complexity index is 1030. The van der Waals surface area contributed by atoms with Crippen molar-refractivity contribution in [1.82, 2.24) is 9.62 Å². The standard InChI is InChI=1S/C26H39N3O6S/c1-19-7-6-8-23(20(19)2)27-25(30)18-35-26(31)22-17-21(36(32,33)29-11-4-3-5-12-29)9-10-24(22)28-13-15-34-16-14-28/h9-10,17,19-20,23H,3-8,11-16,18H2,1-2H3,(H,27,30)/t19-,20+,23-/m0/s1. The van der Waals surface area contributed by atoms with Gasteiger partial charge in [0.15, 0.2) is 6.61 Å². The predicted octanol–water partition coefficient (Wildman–Crippen LogP) is 2.80. The van der Waals surface area contributed by atoms with Gasteiger partial charge in [0.2, 0.25) is 10.0 Å². The zero-order valence-electron chi connectivity index (χ0n) is 21.4. The summed E-state index contributed by atoms with van der Waals surface area (Å²) in [6.07, 6.45) is 5.81. The lowest BCUT2D eigenvalue weighted by Crippen LogP contribution is -2.45. The number of benzene rings is 1. The number of carbonyl (C=O) groups is 2. The van der Waals surface area contributed by atoms with E-state index in [4.69, 9.17) is 9.47 Å². The van der Waals surface area contributed by atoms with Crippen molar-refractivity contribution >= 4 is 27.6 Å². The second-order valence-corrected chi connectivity index (χ2v) is 12.2. The van der Waals surface area contributed by atoms with Crippen molar-refractivity contribution in [3.63, 3.8) is 0 Å². The molecule has 0 radical (unpaired) electrons. The molecule has 3 fully saturated rings. The number of sulfonamides is 1. The Kier molecular flexibility index (Phi) is 8.90. The first-order valence-corrected chi connectivity index (χ1v) is 14.6. The monoisotopic (exact) mass is 521 g/mol. The van der Waals surface area contributed by atoms with Crippen LogP contribution in [0.3, 0.4) is 0 Å². The van der Waals surface area contributed by atoms with Gasteiger partial charge in [0, 0.05) is 32.2 Å². The Hall–Kier alpha value is -2.17. The van der Waals surface area contributed by atoms with Crippen LogP contribution < -0.4 is 10.2 Å². The molecule has 2 heterocycles. The van der Waals surface area contributed by atoms with E-state index in [-0.39, 0.29) is 22.4 Å². The van der Waals surface area contributed by atoms with Crippen LogP contribution in [0, 0.1) is 11.8 Å². The van der Waals surface area contributed by atoms with E-state index in [1.807, 2.05) is 4.90 Å². The third-order valence-corrected chi connectivity index (χ3v) is 9.77. The number of morpholine rings is 1. The normalized spacial score (nSPS) is 25.8. The first-order chi connectivity index (χ1) is 17.3. The highest BCUT2D eigenvalue weighted by Gasteiger charge is 2.30. The highest BCUT2D eigenvalue weighted by molar-refractivity contribution is 7.89. The summed E-state index contributed by atoms with van der Waals surface area (Å²) in [4.78, 5) is 27.9. The van der Waals surface area contributed by atoms with E-state index in [1.165, 1.54) is 10.4 Å². The average Bonchev–Trinajstić information content (AvgIpc) is 2.90. The fourth-order valence-corrected chi connectivity index (χ4v) is 6.96. The van der Waals surface area contributed by atoms with Crippen LogP contribution in [0.2, 0.25) is 0 Å². The molecule has 200 valence electrons. The van der Waals surface area contributed by atoms with E-state index < -0.39 is 22.6 Å². The maximum atomic E-state index is 13.3. The number of nitrogens with one attached hydrogen (secondary N) is 1. The van der Waals surface area contributed by atoms with Gasteiger partial charge in [-0.25, -0.2) is 13.2 Å². The molecule has 3 atom stereocenters. The average molecular weight is 522 g/mol. The van der Waals surface area contributed by atoms with Gasteiger partial charge in [-0.1, -0.05) is 33.1 Å². The molecule has 1 aromatic rings. The van der Waals surface area contributed by atoms with Crippen molar-refractivity contribution < 1.29 is 27.5 Å². The maximum absolute atomic E-state index is 13.3. The molecule has 1 N–H and O–H groups in total. The summed E-state index contributed by atoms with van der Waals surface area (Å²) in [7, 11) is -3.72. The van der Waals surface area contributed by atoms with Gasteiger partial charge in [-0.15, -0.1) is 0 Å². The van der Waals surface area contributed by atoms with Crippen molar-refractivity contribution in [3.8, 4) is 0 Å². The lowest BCUT2D eigenvalue weighted by Gasteiger charge is -2.34. The van der Waals surface area contributed by atoms with Gasteiger partial charge in [0.1, 0.15) is 0 Å². The Labute approximate surface area is 214 Å². The summed E-state index contributed by atoms with van der Waals surface area (Å²) in [6, 6.07) is 4.70. The summed E-state index contributed by atoms with van der Waals surface area (Å²) in [6.45, 7) is 7.09. The largest absolute Gasteiger partial charge is 0.452 e. The second-order valence-electron chi connectivity index (χ2n) is 10.3. The van der Waals surface area contributed by atoms with E-state index in [2.05, 4.69) is 19.2 Å². The number of ether oxygens (including phenoxy) is 2. The fraction of sp³-hybridized carbons (Fsp3) is 0.692. The second kappa shape index (κ2) is 11.9. The number of rotatable bonds is 7. The van der Waals surface area contributed by atoms with E-state index in [0.717, 1.165) is 38.5 Å². The van der Waals surface area contributed by atoms with Gasteiger partial charge in [-0.05, 0) is 49.3 Å². The van der Waals surface area contributed by atoms with E-state index in [0.29, 0.717) is 56.9 Å². The fourth-order valence-electron chi connectivity index (χ4n) is 5.42. The molecule has 0 bridgehead atoms. The smallest absolute Gasteiger partial charge is 0.340 e. The van der Waals surface area contributed by atoms with Gasteiger partial charge < -0.3 is 19.7 Å². The Morgan fingerprint density at radius 2 is 1.75 bits per heavy atom. The van der Waals surface area contributed by atoms with Crippen LogP contribution in [0.1, 0.15) is 62.7 Å². The lowest BCUT2D eigenvalue weighted by atomic mass is 9.78. The molecule has 2 saturated heterocycles. The SMILES string of the molecule is C[C@H]1[C@@H](NC(=O)COC(=O)c2cc(S(=O)(=O)N3CCCCC3)ccc2N2CCOCC2)CCC[C@@H]1C. The van der Waals surface area contributed by atoms with Crippen molar-refractivity contribution in [2.45, 2.75) is 63.3 Å². The number of amides is 1. The molecule has 1 amide bonds. The summed E-state index contributed by atoms with van der Waals surface area (Å²) in [5.74, 6) is -0.137. The van der Waals surface area contributed by atoms with Crippen LogP contribution in [0.25, 0.3) is 0 Å². The molecular weight excluding hydrogens is 482 g/mol. The molecule has 36 heavy (non-hydrogen) atoms. The molecular formula is C26H39N3O6S. The van der Waals surface area contributed by atoms with Crippen LogP contribution in [-0.4, -0.2) is 76.6 Å². The topological polar surface area (TPSA) is 105 Å². The number of hydrogen-bond donors (Lipinski definition) is 1. The highest BCUT2D eigenvalue weighted by atomic mass is 32.2. The quantitative estimate of drug-likeness (QED) is 0.550. The van der Waals surface area contributed by atoms with E-state index in [9.17, 15) is 18.0 Å². The third kappa shape index (κ3) is 6.20. The van der Waals surface area contributed by atoms with Crippen LogP contribution in [0.5, 0.6) is 0 Å². The molecule has 4 rings (SSSR count). The summed E-state index contributed by atoms with van der Waals surface area (Å²) in [5.41, 5.74) is 0.749. The lowest BCUT2D eigenvalue weighted by molar-refractivity contribution is -0.125. The molecule has 3 aliphatic rings. The summed E-state index contributed by atoms with van der Waals surface area (Å²) >= 11 is 0. The van der Waals surface area contributed by atoms with Crippen molar-refractivity contribution in [1.29, 1.82) is 0 Å². The van der Waals surface area contributed by atoms with Crippen LogP contribution in [-0.2, 0) is 24.3 Å². The van der Waals surface area contributed by atoms with Gasteiger partial charge in [0.25, 0.3) is 5.91 Å². The molecule has 2 aliphatic heterocycles. The minimum Gasteiger partial charge on any atom is -0.452 e. The number of hydrogen-bond acceptors (Lipinski definition) is 7. The zero-order valence-corrected chi connectivity index (χ0v) is 22.2. The molecule has 1 saturated carbocycles. The van der Waals surface area contributed by atoms with E-state index >= 15 is 0 Å². The zero-order chi connectivity index (χ0) is 25.7. The molecule has 0 spiro atoms. The molecule has 1 aromatic carbocycles. The first kappa shape index (κ1) is 26.9. The van der Waals surface area contributed by atoms with Gasteiger partial charge in [-0.3, -0.25) is 4.79 Å². The summed E-state index contributed by atoms with van der Waals surface area (Å²) < 4.78 is 38.9. The Morgan fingerprint density at radius 3 is 2.47 bits per heavy atom. The number of carbonyl (C=O) groups excluding carboxylic acids is 2. The van der Waals surface area contributed by atoms with Crippen molar-refractivity contribution in [2.24, 2.45) is 11.8 Å². The number of anilines is 1. The van der Waals surface area contributed by atoms with E-state index in [1.54, 1.807) is 12.1 Å². The van der Waals surface area contributed by atoms with Crippen molar-refractivity contribution in [3.05, 3.63) is 23.8 Å². The van der Waals surface area contributed by atoms with Crippen LogP contribution >= 0.6 is 0 Å². The third-order valence-electron chi connectivity index (χ3n) is 7.88. The van der Waals surface area contributed by atoms with Crippen LogP contribution in [0.4, 0.5) is 5.69 Å². The minimum absolute atomic E-state index is 0.0712. The highest BCUT2D eigenvalue weighted by Crippen LogP contribution is 2.30. The Morgan fingerprint density at radius 1 is 1.03 bits per heavy atom. The Balaban J connectivity index is 1.50. The number of esters is 1. The molecule has 9 nitrogen and oxygen atoms in total. The van der Waals surface area contributed by atoms with Gasteiger partial charge >= 0.3 is 5.97 Å². The molecule has 0 unspecified atom stereocenters. The molecule has 1 aliphatic carbocycles. The van der Waals surface area contributed by atoms with Gasteiger partial charge in [0.05, 0.1) is 29.4 Å². The van der Waals surface area contributed by atoms with Crippen LogP contribution in [0.15, 0.2) is 23.1 Å². The number of piperidine rings is 1. The minimum atomic E-state index is -3.72. The van der Waals surface area contributed by atoms with Gasteiger partial charge in [-0.2, -0.15) is 4.31 Å².